The number of benzene rings is 1. The third-order valence-corrected chi connectivity index (χ3v) is 3.79. The number of carbonyl (C=O) groups excluding carboxylic acids is 1. The Bertz CT molecular complexity index is 478. The van der Waals surface area contributed by atoms with Crippen LogP contribution in [-0.2, 0) is 4.79 Å². The molecule has 0 aliphatic heterocycles. The second-order valence-electron chi connectivity index (χ2n) is 4.78. The van der Waals surface area contributed by atoms with Crippen LogP contribution in [0.15, 0.2) is 18.2 Å². The number of nitrogens with one attached hydrogen (secondary N) is 1. The molecule has 0 aromatic heterocycles. The van der Waals surface area contributed by atoms with Crippen molar-refractivity contribution < 1.29 is 14.3 Å². The molecule has 0 spiro atoms. The van der Waals surface area contributed by atoms with Crippen molar-refractivity contribution in [1.82, 2.24) is 0 Å². The van der Waals surface area contributed by atoms with Gasteiger partial charge in [0.2, 0.25) is 5.91 Å². The number of hydrogen-bond donors (Lipinski definition) is 1. The number of ether oxygens (including phenoxy) is 2. The van der Waals surface area contributed by atoms with Gasteiger partial charge in [0.1, 0.15) is 11.5 Å². The van der Waals surface area contributed by atoms with Crippen molar-refractivity contribution in [3.8, 4) is 11.5 Å². The molecule has 0 unspecified atom stereocenters. The van der Waals surface area contributed by atoms with Crippen molar-refractivity contribution in [3.05, 3.63) is 18.2 Å². The largest absolute Gasteiger partial charge is 0.497 e. The fourth-order valence-electron chi connectivity index (χ4n) is 2.22. The first-order valence-corrected chi connectivity index (χ1v) is 5.73. The monoisotopic (exact) mass is 233 g/mol. The standard InChI is InChI=1S/C13H15NO3/c1-16-9-3-4-10(11(5-9)17-2)14-12(15)13-6-8(13)7-13/h3-5,8H,6-7H2,1-2H3,(H,14,15). The maximum atomic E-state index is 12.0. The summed E-state index contributed by atoms with van der Waals surface area (Å²) in [5.74, 6) is 2.12. The number of anilines is 1. The van der Waals surface area contributed by atoms with E-state index in [4.69, 9.17) is 9.47 Å². The van der Waals surface area contributed by atoms with Crippen LogP contribution in [0.4, 0.5) is 5.69 Å². The molecule has 3 rings (SSSR count). The highest BCUT2D eigenvalue weighted by molar-refractivity contribution is 6.01. The van der Waals surface area contributed by atoms with Crippen LogP contribution in [0.5, 0.6) is 11.5 Å². The number of hydrogen-bond acceptors (Lipinski definition) is 3. The van der Waals surface area contributed by atoms with Gasteiger partial charge in [-0.1, -0.05) is 0 Å². The summed E-state index contributed by atoms with van der Waals surface area (Å²) in [6.07, 6.45) is 2.11. The van der Waals surface area contributed by atoms with Crippen molar-refractivity contribution in [1.29, 1.82) is 0 Å². The summed E-state index contributed by atoms with van der Waals surface area (Å²) < 4.78 is 10.4. The Morgan fingerprint density at radius 3 is 2.59 bits per heavy atom. The third kappa shape index (κ3) is 1.55. The van der Waals surface area contributed by atoms with Gasteiger partial charge >= 0.3 is 0 Å². The Hall–Kier alpha value is -1.71. The van der Waals surface area contributed by atoms with E-state index in [0.717, 1.165) is 12.8 Å². The summed E-state index contributed by atoms with van der Waals surface area (Å²) in [4.78, 5) is 12.0. The lowest BCUT2D eigenvalue weighted by molar-refractivity contribution is -0.119. The van der Waals surface area contributed by atoms with E-state index in [1.807, 2.05) is 12.1 Å². The van der Waals surface area contributed by atoms with Crippen LogP contribution >= 0.6 is 0 Å². The first-order chi connectivity index (χ1) is 8.19. The molecule has 2 aliphatic rings. The van der Waals surface area contributed by atoms with E-state index in [1.165, 1.54) is 0 Å². The predicted octanol–water partition coefficient (Wildman–Crippen LogP) is 2.05. The summed E-state index contributed by atoms with van der Waals surface area (Å²) in [6.45, 7) is 0. The lowest BCUT2D eigenvalue weighted by atomic mass is 10.2. The predicted molar refractivity (Wildman–Crippen MR) is 63.3 cm³/mol. The van der Waals surface area contributed by atoms with Gasteiger partial charge in [-0.05, 0) is 30.9 Å². The van der Waals surface area contributed by atoms with E-state index in [1.54, 1.807) is 20.3 Å². The smallest absolute Gasteiger partial charge is 0.230 e. The summed E-state index contributed by atoms with van der Waals surface area (Å²) >= 11 is 0. The van der Waals surface area contributed by atoms with Crippen molar-refractivity contribution in [2.24, 2.45) is 11.3 Å². The molecule has 1 amide bonds. The minimum absolute atomic E-state index is 0.0229. The van der Waals surface area contributed by atoms with E-state index in [0.29, 0.717) is 23.1 Å². The van der Waals surface area contributed by atoms with Crippen molar-refractivity contribution in [2.45, 2.75) is 12.8 Å². The fraction of sp³-hybridized carbons (Fsp3) is 0.462. The van der Waals surface area contributed by atoms with E-state index in [9.17, 15) is 4.79 Å². The highest BCUT2D eigenvalue weighted by Gasteiger charge is 2.74. The van der Waals surface area contributed by atoms with E-state index < -0.39 is 0 Å². The lowest BCUT2D eigenvalue weighted by Crippen LogP contribution is -2.18. The summed E-state index contributed by atoms with van der Waals surface area (Å²) in [5.41, 5.74) is 0.690. The van der Waals surface area contributed by atoms with Crippen LogP contribution < -0.4 is 14.8 Å². The van der Waals surface area contributed by atoms with E-state index >= 15 is 0 Å². The van der Waals surface area contributed by atoms with Gasteiger partial charge in [-0.2, -0.15) is 0 Å². The molecule has 2 aliphatic carbocycles. The fourth-order valence-corrected chi connectivity index (χ4v) is 2.22. The zero-order valence-corrected chi connectivity index (χ0v) is 9.95. The van der Waals surface area contributed by atoms with Crippen LogP contribution in [-0.4, -0.2) is 20.1 Å². The van der Waals surface area contributed by atoms with Gasteiger partial charge in [-0.25, -0.2) is 0 Å². The molecule has 4 heteroatoms. The second kappa shape index (κ2) is 3.39. The topological polar surface area (TPSA) is 47.6 Å². The molecule has 90 valence electrons. The Labute approximate surface area is 99.9 Å². The van der Waals surface area contributed by atoms with Crippen LogP contribution in [0, 0.1) is 11.3 Å². The molecule has 1 aromatic carbocycles. The summed E-state index contributed by atoms with van der Waals surface area (Å²) in [6, 6.07) is 5.39. The van der Waals surface area contributed by atoms with Crippen molar-refractivity contribution >= 4 is 11.6 Å². The highest BCUT2D eigenvalue weighted by Crippen LogP contribution is 2.75. The van der Waals surface area contributed by atoms with Gasteiger partial charge in [0.15, 0.2) is 0 Å². The SMILES string of the molecule is COc1ccc(NC(=O)C23CC2C3)c(OC)c1. The van der Waals surface area contributed by atoms with Gasteiger partial charge in [0, 0.05) is 6.07 Å². The summed E-state index contributed by atoms with van der Waals surface area (Å²) in [5, 5.41) is 2.94. The normalized spacial score (nSPS) is 28.0. The Morgan fingerprint density at radius 1 is 1.35 bits per heavy atom. The van der Waals surface area contributed by atoms with Crippen LogP contribution in [0.3, 0.4) is 0 Å². The molecule has 1 aromatic rings. The first kappa shape index (κ1) is 10.4. The zero-order valence-electron chi connectivity index (χ0n) is 9.95. The molecule has 0 bridgehead atoms. The molecule has 0 radical (unpaired) electrons. The molecule has 0 heterocycles. The van der Waals surface area contributed by atoms with E-state index in [-0.39, 0.29) is 11.3 Å². The van der Waals surface area contributed by atoms with Gasteiger partial charge in [0.05, 0.1) is 25.3 Å². The second-order valence-corrected chi connectivity index (χ2v) is 4.78. The van der Waals surface area contributed by atoms with E-state index in [2.05, 4.69) is 5.32 Å². The number of fused-ring (bicyclic) bond motifs is 1. The number of carbonyl (C=O) groups is 1. The Balaban J connectivity index is 1.79. The molecule has 2 fully saturated rings. The molecule has 1 N–H and O–H groups in total. The first-order valence-electron chi connectivity index (χ1n) is 5.73. The summed E-state index contributed by atoms with van der Waals surface area (Å²) in [7, 11) is 3.19. The third-order valence-electron chi connectivity index (χ3n) is 3.79. The number of methoxy groups -OCH3 is 2. The average Bonchev–Trinajstić information content (AvgIpc) is 3.18. The van der Waals surface area contributed by atoms with Crippen LogP contribution in [0.25, 0.3) is 0 Å². The Kier molecular flexibility index (Phi) is 2.08. The van der Waals surface area contributed by atoms with Gasteiger partial charge in [-0.15, -0.1) is 0 Å². The quantitative estimate of drug-likeness (QED) is 0.865. The molecule has 0 atom stereocenters. The number of amides is 1. The zero-order chi connectivity index (χ0) is 12.0. The minimum Gasteiger partial charge on any atom is -0.497 e. The number of rotatable bonds is 4. The molecule has 4 nitrogen and oxygen atoms in total. The van der Waals surface area contributed by atoms with Crippen LogP contribution in [0.1, 0.15) is 12.8 Å². The average molecular weight is 233 g/mol. The van der Waals surface area contributed by atoms with Gasteiger partial charge < -0.3 is 14.8 Å². The molecular formula is C13H15NO3. The molecule has 0 saturated heterocycles. The highest BCUT2D eigenvalue weighted by atomic mass is 16.5. The minimum atomic E-state index is -0.0229. The molecule has 17 heavy (non-hydrogen) atoms. The van der Waals surface area contributed by atoms with Crippen molar-refractivity contribution in [2.75, 3.05) is 19.5 Å². The molecular weight excluding hydrogens is 218 g/mol. The maximum absolute atomic E-state index is 12.0. The van der Waals surface area contributed by atoms with Gasteiger partial charge in [-0.3, -0.25) is 4.79 Å². The Morgan fingerprint density at radius 2 is 2.06 bits per heavy atom. The lowest BCUT2D eigenvalue weighted by Gasteiger charge is -2.12. The van der Waals surface area contributed by atoms with Crippen molar-refractivity contribution in [3.63, 3.8) is 0 Å². The van der Waals surface area contributed by atoms with Gasteiger partial charge in [0.25, 0.3) is 0 Å². The molecule has 2 saturated carbocycles. The maximum Gasteiger partial charge on any atom is 0.230 e. The van der Waals surface area contributed by atoms with Crippen LogP contribution in [0.2, 0.25) is 0 Å².